The number of fused-ring (bicyclic) bond motifs is 1. The van der Waals surface area contributed by atoms with E-state index < -0.39 is 0 Å². The Morgan fingerprint density at radius 2 is 2.35 bits per heavy atom. The Kier molecular flexibility index (Phi) is 3.58. The normalized spacial score (nSPS) is 14.0. The third-order valence-electron chi connectivity index (χ3n) is 2.89. The minimum atomic E-state index is -0.288. The summed E-state index contributed by atoms with van der Waals surface area (Å²) >= 11 is 0. The number of carbonyl (C=O) groups is 1. The molecule has 4 nitrogen and oxygen atoms in total. The standard InChI is InChI=1S/C12H14FNO3/c1-16-11-4-8(6-17-7-15)12(13)9-2-3-14-5-10(9)11/h4,7,14H,2-3,5-6H2,1H3. The molecule has 0 spiro atoms. The molecule has 1 aromatic rings. The maximum absolute atomic E-state index is 14.1. The molecule has 0 fully saturated rings. The number of nitrogens with one attached hydrogen (secondary N) is 1. The van der Waals surface area contributed by atoms with Gasteiger partial charge in [0.1, 0.15) is 18.2 Å². The van der Waals surface area contributed by atoms with Crippen molar-refractivity contribution >= 4 is 6.47 Å². The van der Waals surface area contributed by atoms with Crippen LogP contribution < -0.4 is 10.1 Å². The quantitative estimate of drug-likeness (QED) is 0.801. The highest BCUT2D eigenvalue weighted by Crippen LogP contribution is 2.30. The first-order valence-corrected chi connectivity index (χ1v) is 5.41. The number of halogens is 1. The zero-order valence-corrected chi connectivity index (χ0v) is 9.59. The average Bonchev–Trinajstić information content (AvgIpc) is 2.38. The van der Waals surface area contributed by atoms with Crippen LogP contribution >= 0.6 is 0 Å². The molecule has 0 radical (unpaired) electrons. The zero-order valence-electron chi connectivity index (χ0n) is 9.59. The van der Waals surface area contributed by atoms with Crippen LogP contribution in [-0.2, 0) is 29.1 Å². The minimum absolute atomic E-state index is 0.0631. The third kappa shape index (κ3) is 2.24. The largest absolute Gasteiger partial charge is 0.496 e. The van der Waals surface area contributed by atoms with Gasteiger partial charge >= 0.3 is 0 Å². The van der Waals surface area contributed by atoms with Crippen LogP contribution in [0.4, 0.5) is 4.39 Å². The lowest BCUT2D eigenvalue weighted by atomic mass is 9.96. The van der Waals surface area contributed by atoms with Crippen molar-refractivity contribution in [2.75, 3.05) is 13.7 Å². The Bertz CT molecular complexity index is 434. The summed E-state index contributed by atoms with van der Waals surface area (Å²) in [7, 11) is 1.55. The van der Waals surface area contributed by atoms with Gasteiger partial charge in [0.2, 0.25) is 0 Å². The van der Waals surface area contributed by atoms with Crippen molar-refractivity contribution in [3.8, 4) is 5.75 Å². The highest BCUT2D eigenvalue weighted by atomic mass is 19.1. The van der Waals surface area contributed by atoms with Gasteiger partial charge in [-0.3, -0.25) is 4.79 Å². The molecule has 1 aliphatic heterocycles. The highest BCUT2D eigenvalue weighted by Gasteiger charge is 2.21. The van der Waals surface area contributed by atoms with Crippen molar-refractivity contribution in [3.05, 3.63) is 28.6 Å². The fourth-order valence-corrected chi connectivity index (χ4v) is 2.08. The van der Waals surface area contributed by atoms with Crippen LogP contribution in [0.15, 0.2) is 6.07 Å². The number of benzene rings is 1. The van der Waals surface area contributed by atoms with Crippen molar-refractivity contribution < 1.29 is 18.7 Å². The van der Waals surface area contributed by atoms with Crippen LogP contribution in [0.5, 0.6) is 5.75 Å². The van der Waals surface area contributed by atoms with Crippen molar-refractivity contribution in [3.63, 3.8) is 0 Å². The van der Waals surface area contributed by atoms with Crippen LogP contribution in [0.1, 0.15) is 16.7 Å². The predicted molar refractivity (Wildman–Crippen MR) is 59.2 cm³/mol. The van der Waals surface area contributed by atoms with Gasteiger partial charge in [0.15, 0.2) is 0 Å². The molecule has 92 valence electrons. The number of ether oxygens (including phenoxy) is 2. The summed E-state index contributed by atoms with van der Waals surface area (Å²) in [6.07, 6.45) is 0.618. The van der Waals surface area contributed by atoms with Gasteiger partial charge in [0.25, 0.3) is 6.47 Å². The first-order chi connectivity index (χ1) is 8.27. The Labute approximate surface area is 98.7 Å². The SMILES string of the molecule is COc1cc(COC=O)c(F)c2c1CNCC2. The van der Waals surface area contributed by atoms with Crippen molar-refractivity contribution in [1.82, 2.24) is 5.32 Å². The number of rotatable bonds is 4. The van der Waals surface area contributed by atoms with Gasteiger partial charge in [-0.05, 0) is 24.6 Å². The first-order valence-electron chi connectivity index (χ1n) is 5.41. The van der Waals surface area contributed by atoms with Gasteiger partial charge in [-0.1, -0.05) is 0 Å². The lowest BCUT2D eigenvalue weighted by molar-refractivity contribution is -0.129. The van der Waals surface area contributed by atoms with Crippen LogP contribution in [-0.4, -0.2) is 20.1 Å². The second-order valence-electron chi connectivity index (χ2n) is 3.84. The molecule has 0 saturated heterocycles. The first kappa shape index (κ1) is 11.9. The summed E-state index contributed by atoms with van der Waals surface area (Å²) in [5.41, 5.74) is 1.87. The summed E-state index contributed by atoms with van der Waals surface area (Å²) < 4.78 is 24.0. The van der Waals surface area contributed by atoms with E-state index in [4.69, 9.17) is 4.74 Å². The third-order valence-corrected chi connectivity index (χ3v) is 2.89. The molecule has 0 bridgehead atoms. The van der Waals surface area contributed by atoms with Crippen molar-refractivity contribution in [2.45, 2.75) is 19.6 Å². The van der Waals surface area contributed by atoms with Crippen LogP contribution in [0.2, 0.25) is 0 Å². The van der Waals surface area contributed by atoms with Crippen molar-refractivity contribution in [2.24, 2.45) is 0 Å². The summed E-state index contributed by atoms with van der Waals surface area (Å²) in [6, 6.07) is 1.59. The molecular formula is C12H14FNO3. The molecule has 0 saturated carbocycles. The zero-order chi connectivity index (χ0) is 12.3. The maximum atomic E-state index is 14.1. The second kappa shape index (κ2) is 5.14. The molecule has 5 heteroatoms. The van der Waals surface area contributed by atoms with Gasteiger partial charge in [-0.25, -0.2) is 4.39 Å². The maximum Gasteiger partial charge on any atom is 0.293 e. The molecule has 0 amide bonds. The number of hydrogen-bond donors (Lipinski definition) is 1. The number of methoxy groups -OCH3 is 1. The highest BCUT2D eigenvalue weighted by molar-refractivity contribution is 5.47. The van der Waals surface area contributed by atoms with Crippen LogP contribution in [0, 0.1) is 5.82 Å². The fourth-order valence-electron chi connectivity index (χ4n) is 2.08. The summed E-state index contributed by atoms with van der Waals surface area (Å²) in [6.45, 7) is 1.59. The monoisotopic (exact) mass is 239 g/mol. The molecule has 17 heavy (non-hydrogen) atoms. The van der Waals surface area contributed by atoms with Crippen molar-refractivity contribution in [1.29, 1.82) is 0 Å². The van der Waals surface area contributed by atoms with E-state index in [1.54, 1.807) is 13.2 Å². The molecule has 0 aliphatic carbocycles. The van der Waals surface area contributed by atoms with Gasteiger partial charge in [0, 0.05) is 17.7 Å². The molecule has 1 N–H and O–H groups in total. The molecule has 1 aliphatic rings. The van der Waals surface area contributed by atoms with Crippen LogP contribution in [0.3, 0.4) is 0 Å². The molecule has 2 rings (SSSR count). The molecule has 0 atom stereocenters. The Hall–Kier alpha value is -1.62. The minimum Gasteiger partial charge on any atom is -0.496 e. The Morgan fingerprint density at radius 1 is 1.53 bits per heavy atom. The van der Waals surface area contributed by atoms with Crippen LogP contribution in [0.25, 0.3) is 0 Å². The van der Waals surface area contributed by atoms with Gasteiger partial charge < -0.3 is 14.8 Å². The topological polar surface area (TPSA) is 47.6 Å². The van der Waals surface area contributed by atoms with E-state index in [-0.39, 0.29) is 12.4 Å². The summed E-state index contributed by atoms with van der Waals surface area (Å²) in [4.78, 5) is 10.1. The van der Waals surface area contributed by atoms with E-state index in [9.17, 15) is 9.18 Å². The van der Waals surface area contributed by atoms with E-state index in [0.717, 1.165) is 12.1 Å². The molecular weight excluding hydrogens is 225 g/mol. The second-order valence-corrected chi connectivity index (χ2v) is 3.84. The lowest BCUT2D eigenvalue weighted by Crippen LogP contribution is -2.25. The summed E-state index contributed by atoms with van der Waals surface area (Å²) in [5.74, 6) is 0.349. The van der Waals surface area contributed by atoms with E-state index in [0.29, 0.717) is 36.3 Å². The average molecular weight is 239 g/mol. The Balaban J connectivity index is 2.44. The lowest BCUT2D eigenvalue weighted by Gasteiger charge is -2.22. The number of carbonyl (C=O) groups excluding carboxylic acids is 1. The molecule has 0 unspecified atom stereocenters. The van der Waals surface area contributed by atoms with Gasteiger partial charge in [-0.2, -0.15) is 0 Å². The molecule has 0 aromatic heterocycles. The fraction of sp³-hybridized carbons (Fsp3) is 0.417. The van der Waals surface area contributed by atoms with Gasteiger partial charge in [0.05, 0.1) is 7.11 Å². The Morgan fingerprint density at radius 3 is 3.06 bits per heavy atom. The summed E-state index contributed by atoms with van der Waals surface area (Å²) in [5, 5.41) is 3.17. The smallest absolute Gasteiger partial charge is 0.293 e. The van der Waals surface area contributed by atoms with E-state index in [1.165, 1.54) is 0 Å². The van der Waals surface area contributed by atoms with E-state index in [1.807, 2.05) is 0 Å². The van der Waals surface area contributed by atoms with Gasteiger partial charge in [-0.15, -0.1) is 0 Å². The van der Waals surface area contributed by atoms with E-state index in [2.05, 4.69) is 10.1 Å². The number of hydrogen-bond acceptors (Lipinski definition) is 4. The molecule has 1 aromatic carbocycles. The van der Waals surface area contributed by atoms with E-state index >= 15 is 0 Å². The predicted octanol–water partition coefficient (Wildman–Crippen LogP) is 1.15. The molecule has 1 heterocycles.